The van der Waals surface area contributed by atoms with Crippen LogP contribution in [0.15, 0.2) is 65.3 Å². The van der Waals surface area contributed by atoms with E-state index in [2.05, 4.69) is 10.3 Å². The van der Waals surface area contributed by atoms with E-state index in [0.29, 0.717) is 18.0 Å². The lowest BCUT2D eigenvalue weighted by molar-refractivity contribution is -0.115. The Morgan fingerprint density at radius 3 is 2.73 bits per heavy atom. The van der Waals surface area contributed by atoms with Crippen LogP contribution in [-0.4, -0.2) is 18.9 Å². The summed E-state index contributed by atoms with van der Waals surface area (Å²) in [6.07, 6.45) is 2.37. The Kier molecular flexibility index (Phi) is 4.01. The summed E-state index contributed by atoms with van der Waals surface area (Å²) in [7, 11) is 1.62. The summed E-state index contributed by atoms with van der Waals surface area (Å²) >= 11 is 0. The monoisotopic (exact) mass is 292 g/mol. The van der Waals surface area contributed by atoms with Crippen molar-refractivity contribution < 1.29 is 9.53 Å². The van der Waals surface area contributed by atoms with Crippen LogP contribution in [0.2, 0.25) is 0 Å². The Labute approximate surface area is 129 Å². The van der Waals surface area contributed by atoms with Gasteiger partial charge < -0.3 is 10.1 Å². The minimum atomic E-state index is -0.172. The third kappa shape index (κ3) is 3.23. The van der Waals surface area contributed by atoms with E-state index in [0.717, 1.165) is 16.9 Å². The van der Waals surface area contributed by atoms with Crippen LogP contribution in [0.25, 0.3) is 6.08 Å². The molecule has 0 atom stereocenters. The number of amidine groups is 1. The van der Waals surface area contributed by atoms with E-state index >= 15 is 0 Å². The van der Waals surface area contributed by atoms with Crippen molar-refractivity contribution in [3.63, 3.8) is 0 Å². The fourth-order valence-corrected chi connectivity index (χ4v) is 2.28. The number of aliphatic imine (C=N–C) groups is 1. The summed E-state index contributed by atoms with van der Waals surface area (Å²) < 4.78 is 5.18. The van der Waals surface area contributed by atoms with Crippen molar-refractivity contribution >= 4 is 17.8 Å². The highest BCUT2D eigenvalue weighted by atomic mass is 16.5. The second kappa shape index (κ2) is 6.26. The highest BCUT2D eigenvalue weighted by Gasteiger charge is 2.19. The van der Waals surface area contributed by atoms with E-state index in [4.69, 9.17) is 4.74 Å². The van der Waals surface area contributed by atoms with E-state index in [1.807, 2.05) is 54.6 Å². The van der Waals surface area contributed by atoms with Gasteiger partial charge in [0.2, 0.25) is 0 Å². The van der Waals surface area contributed by atoms with E-state index in [1.54, 1.807) is 13.2 Å². The molecule has 22 heavy (non-hydrogen) atoms. The van der Waals surface area contributed by atoms with Gasteiger partial charge in [-0.15, -0.1) is 0 Å². The fraction of sp³-hybridized carbons (Fsp3) is 0.111. The van der Waals surface area contributed by atoms with Gasteiger partial charge in [0.25, 0.3) is 5.91 Å². The fourth-order valence-electron chi connectivity index (χ4n) is 2.28. The summed E-state index contributed by atoms with van der Waals surface area (Å²) in [5, 5.41) is 2.81. The van der Waals surface area contributed by atoms with Crippen LogP contribution in [0.3, 0.4) is 0 Å². The van der Waals surface area contributed by atoms with Crippen LogP contribution in [0.5, 0.6) is 5.75 Å². The number of ether oxygens (including phenoxy) is 1. The van der Waals surface area contributed by atoms with E-state index in [-0.39, 0.29) is 5.91 Å². The number of nitrogens with zero attached hydrogens (tertiary/aromatic N) is 1. The third-order valence-corrected chi connectivity index (χ3v) is 3.36. The zero-order chi connectivity index (χ0) is 15.4. The second-order valence-electron chi connectivity index (χ2n) is 4.98. The van der Waals surface area contributed by atoms with Crippen LogP contribution >= 0.6 is 0 Å². The lowest BCUT2D eigenvalue weighted by Gasteiger charge is -2.00. The van der Waals surface area contributed by atoms with E-state index in [9.17, 15) is 4.79 Å². The van der Waals surface area contributed by atoms with Gasteiger partial charge in [-0.25, -0.2) is 4.99 Å². The van der Waals surface area contributed by atoms with E-state index in [1.165, 1.54) is 0 Å². The maximum absolute atomic E-state index is 12.0. The molecule has 0 saturated heterocycles. The molecule has 2 aromatic carbocycles. The number of hydrogen-bond acceptors (Lipinski definition) is 3. The van der Waals surface area contributed by atoms with Crippen molar-refractivity contribution in [2.75, 3.05) is 7.11 Å². The zero-order valence-electron chi connectivity index (χ0n) is 12.2. The van der Waals surface area contributed by atoms with Gasteiger partial charge in [-0.05, 0) is 29.3 Å². The van der Waals surface area contributed by atoms with Gasteiger partial charge in [-0.3, -0.25) is 4.79 Å². The van der Waals surface area contributed by atoms with E-state index < -0.39 is 0 Å². The number of rotatable bonds is 4. The average molecular weight is 292 g/mol. The molecule has 1 heterocycles. The first-order chi connectivity index (χ1) is 10.7. The number of benzene rings is 2. The molecule has 0 bridgehead atoms. The molecule has 4 nitrogen and oxygen atoms in total. The Balaban J connectivity index is 1.81. The Morgan fingerprint density at radius 2 is 1.95 bits per heavy atom. The van der Waals surface area contributed by atoms with Gasteiger partial charge in [0.1, 0.15) is 17.3 Å². The molecular weight excluding hydrogens is 276 g/mol. The molecule has 0 unspecified atom stereocenters. The third-order valence-electron chi connectivity index (χ3n) is 3.36. The van der Waals surface area contributed by atoms with Gasteiger partial charge in [0.05, 0.1) is 7.11 Å². The molecule has 2 aromatic rings. The predicted octanol–water partition coefficient (Wildman–Crippen LogP) is 2.81. The highest BCUT2D eigenvalue weighted by molar-refractivity contribution is 6.14. The van der Waals surface area contributed by atoms with Crippen LogP contribution in [0.1, 0.15) is 11.1 Å². The number of nitrogens with one attached hydrogen (secondary N) is 1. The molecule has 1 aliphatic heterocycles. The first-order valence-corrected chi connectivity index (χ1v) is 7.03. The van der Waals surface area contributed by atoms with Crippen molar-refractivity contribution in [3.8, 4) is 5.75 Å². The minimum absolute atomic E-state index is 0.172. The summed E-state index contributed by atoms with van der Waals surface area (Å²) in [6.45, 7) is 0. The minimum Gasteiger partial charge on any atom is -0.497 e. The van der Waals surface area contributed by atoms with Gasteiger partial charge in [-0.1, -0.05) is 42.5 Å². The zero-order valence-corrected chi connectivity index (χ0v) is 12.2. The Bertz CT molecular complexity index is 749. The van der Waals surface area contributed by atoms with Crippen LogP contribution in [0, 0.1) is 0 Å². The molecule has 3 rings (SSSR count). The highest BCUT2D eigenvalue weighted by Crippen LogP contribution is 2.18. The van der Waals surface area contributed by atoms with Gasteiger partial charge >= 0.3 is 0 Å². The largest absolute Gasteiger partial charge is 0.497 e. The van der Waals surface area contributed by atoms with Gasteiger partial charge in [0.15, 0.2) is 0 Å². The van der Waals surface area contributed by atoms with Crippen molar-refractivity contribution in [2.45, 2.75) is 6.42 Å². The maximum Gasteiger partial charge on any atom is 0.275 e. The number of methoxy groups -OCH3 is 1. The number of hydrogen-bond donors (Lipinski definition) is 1. The van der Waals surface area contributed by atoms with Crippen molar-refractivity contribution in [1.82, 2.24) is 5.32 Å². The van der Waals surface area contributed by atoms with Crippen molar-refractivity contribution in [3.05, 3.63) is 71.4 Å². The molecule has 1 N–H and O–H groups in total. The van der Waals surface area contributed by atoms with Crippen LogP contribution in [-0.2, 0) is 11.2 Å². The predicted molar refractivity (Wildman–Crippen MR) is 86.7 cm³/mol. The molecule has 0 radical (unpaired) electrons. The second-order valence-corrected chi connectivity index (χ2v) is 4.98. The Hall–Kier alpha value is -2.88. The normalized spacial score (nSPS) is 15.6. The smallest absolute Gasteiger partial charge is 0.275 e. The number of amides is 1. The lowest BCUT2D eigenvalue weighted by Crippen LogP contribution is -2.25. The molecule has 0 aromatic heterocycles. The first kappa shape index (κ1) is 14.1. The molecule has 110 valence electrons. The van der Waals surface area contributed by atoms with Crippen molar-refractivity contribution in [1.29, 1.82) is 0 Å². The summed E-state index contributed by atoms with van der Waals surface area (Å²) in [5.74, 6) is 1.25. The number of carbonyl (C=O) groups excluding carboxylic acids is 1. The first-order valence-electron chi connectivity index (χ1n) is 7.03. The number of carbonyl (C=O) groups is 1. The molecular formula is C18H16N2O2. The molecule has 4 heteroatoms. The maximum atomic E-state index is 12.0. The van der Waals surface area contributed by atoms with Gasteiger partial charge in [-0.2, -0.15) is 0 Å². The van der Waals surface area contributed by atoms with Crippen LogP contribution < -0.4 is 10.1 Å². The summed E-state index contributed by atoms with van der Waals surface area (Å²) in [4.78, 5) is 16.4. The SMILES string of the molecule is COc1cccc(/C=C2/N=C(Cc3ccccc3)NC2=O)c1. The molecule has 0 saturated carbocycles. The Morgan fingerprint density at radius 1 is 1.14 bits per heavy atom. The topological polar surface area (TPSA) is 50.7 Å². The van der Waals surface area contributed by atoms with Crippen molar-refractivity contribution in [2.24, 2.45) is 4.99 Å². The quantitative estimate of drug-likeness (QED) is 0.881. The molecule has 0 spiro atoms. The summed E-state index contributed by atoms with van der Waals surface area (Å²) in [5.41, 5.74) is 2.41. The van der Waals surface area contributed by atoms with Gasteiger partial charge in [0, 0.05) is 6.42 Å². The lowest BCUT2D eigenvalue weighted by atomic mass is 10.1. The molecule has 1 aliphatic rings. The summed E-state index contributed by atoms with van der Waals surface area (Å²) in [6, 6.07) is 17.5. The molecule has 0 aliphatic carbocycles. The average Bonchev–Trinajstić information content (AvgIpc) is 2.88. The molecule has 1 amide bonds. The standard InChI is InChI=1S/C18H16N2O2/c1-22-15-9-5-8-14(10-15)11-16-18(21)20-17(19-16)12-13-6-3-2-4-7-13/h2-11H,12H2,1H3,(H,19,20,21)/b16-11+. The van der Waals surface area contributed by atoms with Crippen LogP contribution in [0.4, 0.5) is 0 Å². The molecule has 0 fully saturated rings.